The monoisotopic (exact) mass is 442 g/mol. The number of nitrogens with zero attached hydrogens (tertiary/aromatic N) is 2. The Hall–Kier alpha value is -0.180. The topological polar surface area (TPSA) is 56.7 Å². The van der Waals surface area contributed by atoms with Gasteiger partial charge in [0.1, 0.15) is 0 Å². The predicted molar refractivity (Wildman–Crippen MR) is 107 cm³/mol. The molecule has 22 heavy (non-hydrogen) atoms. The van der Waals surface area contributed by atoms with Crippen molar-refractivity contribution in [2.75, 3.05) is 38.7 Å². The third-order valence-electron chi connectivity index (χ3n) is 3.63. The van der Waals surface area contributed by atoms with Crippen LogP contribution in [0.15, 0.2) is 4.99 Å². The number of aliphatic imine (C=N–C) groups is 1. The van der Waals surface area contributed by atoms with E-state index < -0.39 is 0 Å². The molecule has 5 nitrogen and oxygen atoms in total. The number of carbonyl (C=O) groups excluding carboxylic acids is 1. The molecule has 0 saturated carbocycles. The third-order valence-corrected chi connectivity index (χ3v) is 4.32. The van der Waals surface area contributed by atoms with Crippen LogP contribution in [0.3, 0.4) is 0 Å². The molecule has 1 saturated heterocycles. The van der Waals surface area contributed by atoms with Crippen molar-refractivity contribution >= 4 is 47.6 Å². The summed E-state index contributed by atoms with van der Waals surface area (Å²) in [6.45, 7) is 6.49. The fourth-order valence-corrected chi connectivity index (χ4v) is 2.90. The van der Waals surface area contributed by atoms with Crippen LogP contribution in [0.4, 0.5) is 0 Å². The summed E-state index contributed by atoms with van der Waals surface area (Å²) >= 11 is 1.89. The predicted octanol–water partition coefficient (Wildman–Crippen LogP) is 2.17. The first kappa shape index (κ1) is 21.8. The van der Waals surface area contributed by atoms with E-state index in [1.54, 1.807) is 7.05 Å². The van der Waals surface area contributed by atoms with Crippen molar-refractivity contribution in [2.24, 2.45) is 10.9 Å². The highest BCUT2D eigenvalue weighted by molar-refractivity contribution is 14.0. The maximum atomic E-state index is 12.0. The average Bonchev–Trinajstić information content (AvgIpc) is 2.93. The van der Waals surface area contributed by atoms with Crippen LogP contribution in [-0.2, 0) is 4.79 Å². The Morgan fingerprint density at radius 1 is 1.41 bits per heavy atom. The number of hydrogen-bond acceptors (Lipinski definition) is 3. The molecule has 0 aromatic rings. The minimum Gasteiger partial charge on any atom is -0.356 e. The second-order valence-corrected chi connectivity index (χ2v) is 6.75. The normalized spacial score (nSPS) is 18.3. The number of guanidine groups is 1. The average molecular weight is 442 g/mol. The number of rotatable bonds is 7. The van der Waals surface area contributed by atoms with Crippen molar-refractivity contribution in [3.63, 3.8) is 0 Å². The minimum absolute atomic E-state index is 0. The van der Waals surface area contributed by atoms with E-state index in [2.05, 4.69) is 21.9 Å². The molecule has 1 atom stereocenters. The molecule has 0 radical (unpaired) electrons. The van der Waals surface area contributed by atoms with E-state index in [9.17, 15) is 4.79 Å². The van der Waals surface area contributed by atoms with Crippen LogP contribution in [0.2, 0.25) is 0 Å². The molecule has 1 amide bonds. The summed E-state index contributed by atoms with van der Waals surface area (Å²) in [5.41, 5.74) is 0. The lowest BCUT2D eigenvalue weighted by Crippen LogP contribution is -2.45. The van der Waals surface area contributed by atoms with Crippen LogP contribution in [-0.4, -0.2) is 61.5 Å². The lowest BCUT2D eigenvalue weighted by Gasteiger charge is -2.20. The smallest absolute Gasteiger partial charge is 0.225 e. The molecule has 1 aliphatic heterocycles. The van der Waals surface area contributed by atoms with Crippen molar-refractivity contribution in [3.05, 3.63) is 0 Å². The zero-order valence-corrected chi connectivity index (χ0v) is 17.4. The van der Waals surface area contributed by atoms with Crippen molar-refractivity contribution in [3.8, 4) is 0 Å². The Bertz CT molecular complexity index is 352. The van der Waals surface area contributed by atoms with Crippen LogP contribution < -0.4 is 10.6 Å². The number of hydrogen-bond donors (Lipinski definition) is 2. The third kappa shape index (κ3) is 7.89. The van der Waals surface area contributed by atoms with E-state index >= 15 is 0 Å². The maximum absolute atomic E-state index is 12.0. The summed E-state index contributed by atoms with van der Waals surface area (Å²) in [6.07, 6.45) is 5.51. The molecule has 1 fully saturated rings. The summed E-state index contributed by atoms with van der Waals surface area (Å²) in [4.78, 5) is 18.2. The molecule has 0 aromatic carbocycles. The van der Waals surface area contributed by atoms with E-state index in [0.29, 0.717) is 6.04 Å². The SMILES string of the molecule is CN=C(NCCCCSC)NC1CCN(C(=O)C(C)C)C1.I. The van der Waals surface area contributed by atoms with Crippen molar-refractivity contribution in [1.29, 1.82) is 0 Å². The van der Waals surface area contributed by atoms with Gasteiger partial charge in [0.2, 0.25) is 5.91 Å². The van der Waals surface area contributed by atoms with Gasteiger partial charge < -0.3 is 15.5 Å². The molecule has 1 rings (SSSR count). The van der Waals surface area contributed by atoms with Gasteiger partial charge in [0.25, 0.3) is 0 Å². The van der Waals surface area contributed by atoms with E-state index in [1.807, 2.05) is 30.5 Å². The number of halogens is 1. The number of thioether (sulfide) groups is 1. The molecule has 0 aromatic heterocycles. The van der Waals surface area contributed by atoms with E-state index in [4.69, 9.17) is 0 Å². The summed E-state index contributed by atoms with van der Waals surface area (Å²) in [6, 6.07) is 0.310. The molecule has 2 N–H and O–H groups in total. The van der Waals surface area contributed by atoms with E-state index in [0.717, 1.165) is 38.4 Å². The van der Waals surface area contributed by atoms with Crippen LogP contribution >= 0.6 is 35.7 Å². The maximum Gasteiger partial charge on any atom is 0.225 e. The lowest BCUT2D eigenvalue weighted by atomic mass is 10.2. The Labute approximate surface area is 156 Å². The van der Waals surface area contributed by atoms with Gasteiger partial charge in [0, 0.05) is 38.6 Å². The summed E-state index contributed by atoms with van der Waals surface area (Å²) in [5.74, 6) is 2.39. The fourth-order valence-electron chi connectivity index (χ4n) is 2.41. The molecule has 0 bridgehead atoms. The molecule has 1 heterocycles. The standard InChI is InChI=1S/C15H30N4OS.HI/c1-12(2)14(20)19-9-7-13(11-19)18-15(16-3)17-8-5-6-10-21-4;/h12-13H,5-11H2,1-4H3,(H2,16,17,18);1H. The molecular formula is C15H31IN4OS. The molecule has 1 aliphatic rings. The Morgan fingerprint density at radius 2 is 2.14 bits per heavy atom. The highest BCUT2D eigenvalue weighted by atomic mass is 127. The minimum atomic E-state index is 0. The van der Waals surface area contributed by atoms with Crippen LogP contribution in [0.1, 0.15) is 33.1 Å². The van der Waals surface area contributed by atoms with Crippen molar-refractivity contribution in [2.45, 2.75) is 39.2 Å². The second-order valence-electron chi connectivity index (χ2n) is 5.77. The highest BCUT2D eigenvalue weighted by Crippen LogP contribution is 2.12. The highest BCUT2D eigenvalue weighted by Gasteiger charge is 2.27. The van der Waals surface area contributed by atoms with Crippen molar-refractivity contribution < 1.29 is 4.79 Å². The van der Waals surface area contributed by atoms with Gasteiger partial charge >= 0.3 is 0 Å². The number of amides is 1. The van der Waals surface area contributed by atoms with Gasteiger partial charge in [-0.2, -0.15) is 11.8 Å². The first-order valence-corrected chi connectivity index (χ1v) is 9.22. The lowest BCUT2D eigenvalue weighted by molar-refractivity contribution is -0.133. The molecule has 7 heteroatoms. The Kier molecular flexibility index (Phi) is 12.2. The second kappa shape index (κ2) is 12.3. The first-order valence-electron chi connectivity index (χ1n) is 7.83. The number of nitrogens with one attached hydrogen (secondary N) is 2. The van der Waals surface area contributed by atoms with E-state index in [1.165, 1.54) is 12.2 Å². The fraction of sp³-hybridized carbons (Fsp3) is 0.867. The van der Waals surface area contributed by atoms with Gasteiger partial charge in [0.05, 0.1) is 0 Å². The quantitative estimate of drug-likeness (QED) is 0.275. The Morgan fingerprint density at radius 3 is 2.73 bits per heavy atom. The van der Waals surface area contributed by atoms with Crippen LogP contribution in [0.5, 0.6) is 0 Å². The number of carbonyl (C=O) groups is 1. The molecular weight excluding hydrogens is 411 g/mol. The largest absolute Gasteiger partial charge is 0.356 e. The summed E-state index contributed by atoms with van der Waals surface area (Å²) < 4.78 is 0. The zero-order chi connectivity index (χ0) is 15.7. The van der Waals surface area contributed by atoms with Gasteiger partial charge in [-0.05, 0) is 31.3 Å². The molecule has 0 spiro atoms. The molecule has 1 unspecified atom stereocenters. The van der Waals surface area contributed by atoms with Gasteiger partial charge in [0.15, 0.2) is 5.96 Å². The Balaban J connectivity index is 0.00000441. The van der Waals surface area contributed by atoms with Gasteiger partial charge in [-0.25, -0.2) is 0 Å². The molecule has 0 aliphatic carbocycles. The van der Waals surface area contributed by atoms with Gasteiger partial charge in [-0.3, -0.25) is 9.79 Å². The van der Waals surface area contributed by atoms with Gasteiger partial charge in [-0.1, -0.05) is 13.8 Å². The summed E-state index contributed by atoms with van der Waals surface area (Å²) in [5, 5.41) is 6.77. The molecule has 130 valence electrons. The number of likely N-dealkylation sites (tertiary alicyclic amines) is 1. The van der Waals surface area contributed by atoms with Crippen LogP contribution in [0.25, 0.3) is 0 Å². The van der Waals surface area contributed by atoms with Gasteiger partial charge in [-0.15, -0.1) is 24.0 Å². The zero-order valence-electron chi connectivity index (χ0n) is 14.2. The van der Waals surface area contributed by atoms with E-state index in [-0.39, 0.29) is 35.8 Å². The van der Waals surface area contributed by atoms with Crippen LogP contribution in [0, 0.1) is 5.92 Å². The first-order chi connectivity index (χ1) is 10.1. The number of unbranched alkanes of at least 4 members (excludes halogenated alkanes) is 1. The van der Waals surface area contributed by atoms with Crippen molar-refractivity contribution in [1.82, 2.24) is 15.5 Å². The summed E-state index contributed by atoms with van der Waals surface area (Å²) in [7, 11) is 1.79.